The molecule has 0 spiro atoms. The van der Waals surface area contributed by atoms with Crippen LogP contribution in [0, 0.1) is 5.82 Å². The van der Waals surface area contributed by atoms with Crippen LogP contribution < -0.4 is 14.4 Å². The number of carbonyl (C=O) groups is 1. The van der Waals surface area contributed by atoms with Crippen LogP contribution in [0.1, 0.15) is 50.0 Å². The van der Waals surface area contributed by atoms with Crippen LogP contribution >= 0.6 is 11.6 Å². The maximum Gasteiger partial charge on any atom is 0.214 e. The Hall–Kier alpha value is -2.35. The lowest BCUT2D eigenvalue weighted by Gasteiger charge is -2.43. The molecule has 0 radical (unpaired) electrons. The molecule has 8 heteroatoms. The van der Waals surface area contributed by atoms with E-state index in [1.54, 1.807) is 24.1 Å². The van der Waals surface area contributed by atoms with Gasteiger partial charge in [-0.15, -0.1) is 0 Å². The molecule has 0 aromatic heterocycles. The van der Waals surface area contributed by atoms with E-state index in [0.29, 0.717) is 23.3 Å². The van der Waals surface area contributed by atoms with Gasteiger partial charge in [-0.25, -0.2) is 4.39 Å². The summed E-state index contributed by atoms with van der Waals surface area (Å²) in [6, 6.07) is 9.85. The third-order valence-corrected chi connectivity index (χ3v) is 7.99. The van der Waals surface area contributed by atoms with Crippen molar-refractivity contribution in [1.29, 1.82) is 0 Å². The van der Waals surface area contributed by atoms with E-state index < -0.39 is 0 Å². The van der Waals surface area contributed by atoms with Gasteiger partial charge in [0.2, 0.25) is 6.41 Å². The van der Waals surface area contributed by atoms with Gasteiger partial charge in [-0.2, -0.15) is 0 Å². The number of hydrogen-bond acceptors (Lipinski definition) is 5. The monoisotopic (exact) mass is 516 g/mol. The van der Waals surface area contributed by atoms with E-state index in [0.717, 1.165) is 81.6 Å². The van der Waals surface area contributed by atoms with E-state index >= 15 is 0 Å². The highest BCUT2D eigenvalue weighted by Crippen LogP contribution is 2.49. The van der Waals surface area contributed by atoms with Gasteiger partial charge in [0.05, 0.1) is 30.5 Å². The van der Waals surface area contributed by atoms with Crippen molar-refractivity contribution in [2.45, 2.75) is 62.7 Å². The fourth-order valence-electron chi connectivity index (χ4n) is 5.97. The number of methoxy groups -OCH3 is 1. The van der Waals surface area contributed by atoms with Crippen LogP contribution in [0.4, 0.5) is 10.1 Å². The molecular formula is C28H34ClFN2O4. The highest BCUT2D eigenvalue weighted by molar-refractivity contribution is 6.31. The van der Waals surface area contributed by atoms with Crippen LogP contribution in [0.5, 0.6) is 11.5 Å². The number of rotatable bonds is 9. The highest BCUT2D eigenvalue weighted by atomic mass is 35.5. The first-order chi connectivity index (χ1) is 17.6. The fourth-order valence-corrected chi connectivity index (χ4v) is 6.19. The van der Waals surface area contributed by atoms with Crippen LogP contribution in [-0.2, 0) is 9.53 Å². The zero-order valence-electron chi connectivity index (χ0n) is 20.7. The Bertz CT molecular complexity index is 1050. The molecule has 194 valence electrons. The number of halogens is 2. The first kappa shape index (κ1) is 25.3. The van der Waals surface area contributed by atoms with Crippen LogP contribution in [-0.4, -0.2) is 62.9 Å². The van der Waals surface area contributed by atoms with Crippen molar-refractivity contribution in [3.8, 4) is 11.5 Å². The number of nitrogens with zero attached hydrogens (tertiary/aromatic N) is 2. The van der Waals surface area contributed by atoms with Gasteiger partial charge in [-0.05, 0) is 80.8 Å². The molecule has 2 fully saturated rings. The van der Waals surface area contributed by atoms with Crippen molar-refractivity contribution in [3.63, 3.8) is 0 Å². The number of fused-ring (bicyclic) bond motifs is 4. The number of piperidine rings is 1. The van der Waals surface area contributed by atoms with Crippen molar-refractivity contribution in [2.75, 3.05) is 38.3 Å². The van der Waals surface area contributed by atoms with E-state index in [1.807, 2.05) is 12.1 Å². The van der Waals surface area contributed by atoms with E-state index in [4.69, 9.17) is 25.8 Å². The molecule has 3 aliphatic rings. The third-order valence-electron chi connectivity index (χ3n) is 7.77. The summed E-state index contributed by atoms with van der Waals surface area (Å²) in [5.74, 6) is 1.66. The molecule has 36 heavy (non-hydrogen) atoms. The Morgan fingerprint density at radius 1 is 1.22 bits per heavy atom. The van der Waals surface area contributed by atoms with E-state index in [2.05, 4.69) is 4.90 Å². The predicted molar refractivity (Wildman–Crippen MR) is 138 cm³/mol. The van der Waals surface area contributed by atoms with Gasteiger partial charge >= 0.3 is 0 Å². The van der Waals surface area contributed by atoms with Crippen LogP contribution in [0.15, 0.2) is 36.4 Å². The molecule has 2 aliphatic heterocycles. The van der Waals surface area contributed by atoms with Crippen molar-refractivity contribution in [1.82, 2.24) is 4.90 Å². The van der Waals surface area contributed by atoms with Gasteiger partial charge in [-0.1, -0.05) is 11.6 Å². The molecule has 2 bridgehead atoms. The van der Waals surface area contributed by atoms with Crippen LogP contribution in [0.2, 0.25) is 5.02 Å². The van der Waals surface area contributed by atoms with Crippen molar-refractivity contribution in [3.05, 3.63) is 52.8 Å². The number of benzene rings is 2. The number of amides is 1. The summed E-state index contributed by atoms with van der Waals surface area (Å²) in [6.07, 6.45) is 6.98. The minimum absolute atomic E-state index is 0.104. The molecule has 4 unspecified atom stereocenters. The Kier molecular flexibility index (Phi) is 7.99. The lowest BCUT2D eigenvalue weighted by molar-refractivity contribution is -0.109. The average Bonchev–Trinajstić information content (AvgIpc) is 2.89. The Labute approximate surface area is 217 Å². The molecule has 1 amide bonds. The molecule has 1 saturated heterocycles. The second-order valence-corrected chi connectivity index (χ2v) is 10.5. The maximum absolute atomic E-state index is 13.1. The summed E-state index contributed by atoms with van der Waals surface area (Å²) in [5, 5.41) is 0.635. The summed E-state index contributed by atoms with van der Waals surface area (Å²) in [5.41, 5.74) is 1.89. The van der Waals surface area contributed by atoms with Crippen LogP contribution in [0.3, 0.4) is 0 Å². The number of carbonyl (C=O) groups excluding carboxylic acids is 1. The molecule has 0 N–H and O–H groups in total. The largest absolute Gasteiger partial charge is 0.494 e. The minimum Gasteiger partial charge on any atom is -0.494 e. The SMILES string of the molecule is COC1CN(CCCOc2ccc(F)cc2)CCC1N(C=O)c1cc(Cl)cc2c1OC1CCCC2C1. The van der Waals surface area contributed by atoms with Crippen LogP contribution in [0.25, 0.3) is 0 Å². The molecule has 1 aliphatic carbocycles. The van der Waals surface area contributed by atoms with Crippen molar-refractivity contribution < 1.29 is 23.4 Å². The number of anilines is 1. The number of ether oxygens (including phenoxy) is 3. The normalized spacial score (nSPS) is 25.5. The molecule has 4 atom stereocenters. The minimum atomic E-state index is -0.270. The van der Waals surface area contributed by atoms with E-state index in [1.165, 1.54) is 12.1 Å². The first-order valence-electron chi connectivity index (χ1n) is 12.9. The van der Waals surface area contributed by atoms with E-state index in [-0.39, 0.29) is 24.1 Å². The highest BCUT2D eigenvalue weighted by Gasteiger charge is 2.38. The maximum atomic E-state index is 13.1. The summed E-state index contributed by atoms with van der Waals surface area (Å²) in [4.78, 5) is 16.6. The molecule has 2 heterocycles. The molecular weight excluding hydrogens is 483 g/mol. The Balaban J connectivity index is 1.24. The van der Waals surface area contributed by atoms with E-state index in [9.17, 15) is 9.18 Å². The molecule has 2 aromatic carbocycles. The predicted octanol–water partition coefficient (Wildman–Crippen LogP) is 5.42. The first-order valence-corrected chi connectivity index (χ1v) is 13.3. The van der Waals surface area contributed by atoms with Gasteiger partial charge in [-0.3, -0.25) is 4.79 Å². The van der Waals surface area contributed by atoms with Gasteiger partial charge in [0.25, 0.3) is 0 Å². The van der Waals surface area contributed by atoms with Gasteiger partial charge in [0.15, 0.2) is 0 Å². The summed E-state index contributed by atoms with van der Waals surface area (Å²) < 4.78 is 31.1. The lowest BCUT2D eigenvalue weighted by Crippen LogP contribution is -2.55. The summed E-state index contributed by atoms with van der Waals surface area (Å²) in [7, 11) is 1.70. The zero-order chi connectivity index (χ0) is 25.1. The van der Waals surface area contributed by atoms with Gasteiger partial charge in [0, 0.05) is 37.3 Å². The van der Waals surface area contributed by atoms with Gasteiger partial charge in [0.1, 0.15) is 17.3 Å². The zero-order valence-corrected chi connectivity index (χ0v) is 21.5. The molecule has 6 nitrogen and oxygen atoms in total. The summed E-state index contributed by atoms with van der Waals surface area (Å²) >= 11 is 6.55. The van der Waals surface area contributed by atoms with Crippen molar-refractivity contribution in [2.24, 2.45) is 0 Å². The quantitative estimate of drug-likeness (QED) is 0.329. The number of hydrogen-bond donors (Lipinski definition) is 0. The fraction of sp³-hybridized carbons (Fsp3) is 0.536. The average molecular weight is 517 g/mol. The smallest absolute Gasteiger partial charge is 0.214 e. The topological polar surface area (TPSA) is 51.2 Å². The Morgan fingerprint density at radius 3 is 2.83 bits per heavy atom. The lowest BCUT2D eigenvalue weighted by atomic mass is 9.79. The summed E-state index contributed by atoms with van der Waals surface area (Å²) in [6.45, 7) is 2.98. The molecule has 2 aromatic rings. The van der Waals surface area contributed by atoms with Gasteiger partial charge < -0.3 is 24.0 Å². The second kappa shape index (κ2) is 11.4. The molecule has 5 rings (SSSR count). The molecule has 1 saturated carbocycles. The van der Waals surface area contributed by atoms with Crippen molar-refractivity contribution >= 4 is 23.7 Å². The third kappa shape index (κ3) is 5.48. The number of likely N-dealkylation sites (tertiary alicyclic amines) is 1. The second-order valence-electron chi connectivity index (χ2n) is 10.0. The Morgan fingerprint density at radius 2 is 2.06 bits per heavy atom. The standard InChI is InChI=1S/C28H34ClFN2O4/c1-34-27-17-31(11-3-13-35-22-8-6-21(30)7-9-22)12-10-25(27)32(18-33)26-16-20(29)15-24-19-4-2-5-23(14-19)36-28(24)26/h6-9,15-16,18-19,23,25,27H,2-5,10-14,17H2,1H3.